The Hall–Kier alpha value is -1.52. The summed E-state index contributed by atoms with van der Waals surface area (Å²) in [7, 11) is 0. The number of rotatable bonds is 4. The Morgan fingerprint density at radius 3 is 2.55 bits per heavy atom. The van der Waals surface area contributed by atoms with Crippen molar-refractivity contribution in [2.45, 2.75) is 45.6 Å². The lowest BCUT2D eigenvalue weighted by Gasteiger charge is -2.27. The molecule has 0 radical (unpaired) electrons. The molecular weight excluding hydrogens is 256 g/mol. The van der Waals surface area contributed by atoms with E-state index in [0.717, 1.165) is 32.4 Å². The van der Waals surface area contributed by atoms with Gasteiger partial charge in [0.05, 0.1) is 12.0 Å². The lowest BCUT2D eigenvalue weighted by atomic mass is 9.82. The van der Waals surface area contributed by atoms with E-state index in [2.05, 4.69) is 19.2 Å². The van der Waals surface area contributed by atoms with Crippen LogP contribution in [0.15, 0.2) is 12.2 Å². The van der Waals surface area contributed by atoms with E-state index in [-0.39, 0.29) is 17.5 Å². The molecule has 2 atom stereocenters. The van der Waals surface area contributed by atoms with Gasteiger partial charge in [0.1, 0.15) is 0 Å². The van der Waals surface area contributed by atoms with E-state index in [0.29, 0.717) is 6.42 Å². The van der Waals surface area contributed by atoms with E-state index < -0.39 is 11.9 Å². The number of carbonyl (C=O) groups is 2. The SMILES string of the molecule is CCC1(CC)CCN(C(=O)NC2C=CC(C(=O)O)C2)C1. The molecule has 5 nitrogen and oxygen atoms in total. The van der Waals surface area contributed by atoms with Gasteiger partial charge in [-0.25, -0.2) is 4.79 Å². The molecule has 0 saturated carbocycles. The quantitative estimate of drug-likeness (QED) is 0.776. The fourth-order valence-electron chi connectivity index (χ4n) is 3.17. The molecule has 1 saturated heterocycles. The number of hydrogen-bond acceptors (Lipinski definition) is 2. The van der Waals surface area contributed by atoms with Crippen LogP contribution >= 0.6 is 0 Å². The summed E-state index contributed by atoms with van der Waals surface area (Å²) in [5, 5.41) is 11.9. The molecule has 2 rings (SSSR count). The molecule has 1 fully saturated rings. The molecule has 1 aliphatic heterocycles. The third kappa shape index (κ3) is 2.97. The van der Waals surface area contributed by atoms with Gasteiger partial charge in [-0.15, -0.1) is 0 Å². The maximum atomic E-state index is 12.2. The minimum atomic E-state index is -0.824. The van der Waals surface area contributed by atoms with E-state index in [1.54, 1.807) is 12.2 Å². The summed E-state index contributed by atoms with van der Waals surface area (Å²) >= 11 is 0. The number of hydrogen-bond donors (Lipinski definition) is 2. The second-order valence-electron chi connectivity index (χ2n) is 6.00. The molecule has 0 aromatic carbocycles. The molecule has 112 valence electrons. The molecule has 2 amide bonds. The highest BCUT2D eigenvalue weighted by molar-refractivity contribution is 5.76. The highest BCUT2D eigenvalue weighted by Crippen LogP contribution is 2.36. The number of carboxylic acid groups (broad SMARTS) is 1. The first kappa shape index (κ1) is 14.9. The molecule has 20 heavy (non-hydrogen) atoms. The Labute approximate surface area is 120 Å². The minimum Gasteiger partial charge on any atom is -0.481 e. The number of carbonyl (C=O) groups excluding carboxylic acids is 1. The average molecular weight is 280 g/mol. The van der Waals surface area contributed by atoms with Crippen molar-refractivity contribution in [3.63, 3.8) is 0 Å². The van der Waals surface area contributed by atoms with Crippen molar-refractivity contribution in [3.8, 4) is 0 Å². The van der Waals surface area contributed by atoms with Gasteiger partial charge in [0.25, 0.3) is 0 Å². The number of nitrogens with one attached hydrogen (secondary N) is 1. The lowest BCUT2D eigenvalue weighted by Crippen LogP contribution is -2.43. The van der Waals surface area contributed by atoms with Crippen molar-refractivity contribution in [2.75, 3.05) is 13.1 Å². The molecule has 0 aromatic rings. The summed E-state index contributed by atoms with van der Waals surface area (Å²) in [5.74, 6) is -1.29. The van der Waals surface area contributed by atoms with Gasteiger partial charge in [-0.05, 0) is 31.1 Å². The van der Waals surface area contributed by atoms with E-state index in [1.165, 1.54) is 0 Å². The zero-order valence-corrected chi connectivity index (χ0v) is 12.3. The Balaban J connectivity index is 1.85. The molecule has 2 unspecified atom stereocenters. The maximum absolute atomic E-state index is 12.2. The predicted molar refractivity (Wildman–Crippen MR) is 76.4 cm³/mol. The summed E-state index contributed by atoms with van der Waals surface area (Å²) in [6.07, 6.45) is 7.17. The number of urea groups is 1. The van der Waals surface area contributed by atoms with Crippen molar-refractivity contribution in [3.05, 3.63) is 12.2 Å². The Bertz CT molecular complexity index is 415. The standard InChI is InChI=1S/C15H24N2O3/c1-3-15(4-2)7-8-17(10-15)14(20)16-12-6-5-11(9-12)13(18)19/h5-6,11-12H,3-4,7-10H2,1-2H3,(H,16,20)(H,18,19). The summed E-state index contributed by atoms with van der Waals surface area (Å²) < 4.78 is 0. The smallest absolute Gasteiger partial charge is 0.317 e. The zero-order valence-electron chi connectivity index (χ0n) is 12.3. The summed E-state index contributed by atoms with van der Waals surface area (Å²) in [6, 6.07) is -0.212. The minimum absolute atomic E-state index is 0.0607. The van der Waals surface area contributed by atoms with Crippen LogP contribution in [-0.4, -0.2) is 41.1 Å². The fourth-order valence-corrected chi connectivity index (χ4v) is 3.17. The Morgan fingerprint density at radius 2 is 2.05 bits per heavy atom. The molecule has 1 aliphatic carbocycles. The van der Waals surface area contributed by atoms with Crippen molar-refractivity contribution in [2.24, 2.45) is 11.3 Å². The van der Waals surface area contributed by atoms with Crippen LogP contribution in [0.25, 0.3) is 0 Å². The molecule has 2 N–H and O–H groups in total. The highest BCUT2D eigenvalue weighted by Gasteiger charge is 2.37. The van der Waals surface area contributed by atoms with Gasteiger partial charge >= 0.3 is 12.0 Å². The van der Waals surface area contributed by atoms with Gasteiger partial charge in [0.15, 0.2) is 0 Å². The number of aliphatic carboxylic acids is 1. The van der Waals surface area contributed by atoms with E-state index in [1.807, 2.05) is 4.90 Å². The van der Waals surface area contributed by atoms with Crippen molar-refractivity contribution in [1.29, 1.82) is 0 Å². The largest absolute Gasteiger partial charge is 0.481 e. The van der Waals surface area contributed by atoms with Gasteiger partial charge in [-0.2, -0.15) is 0 Å². The number of likely N-dealkylation sites (tertiary alicyclic amines) is 1. The Kier molecular flexibility index (Phi) is 4.35. The summed E-state index contributed by atoms with van der Waals surface area (Å²) in [5.41, 5.74) is 0.270. The lowest BCUT2D eigenvalue weighted by molar-refractivity contribution is -0.140. The monoisotopic (exact) mass is 280 g/mol. The van der Waals surface area contributed by atoms with Crippen LogP contribution in [0.4, 0.5) is 4.79 Å². The van der Waals surface area contributed by atoms with Crippen LogP contribution in [-0.2, 0) is 4.79 Å². The maximum Gasteiger partial charge on any atom is 0.317 e. The first-order valence-corrected chi connectivity index (χ1v) is 7.46. The predicted octanol–water partition coefficient (Wildman–Crippen LogP) is 2.24. The number of carboxylic acids is 1. The summed E-state index contributed by atoms with van der Waals surface area (Å²) in [6.45, 7) is 5.97. The van der Waals surface area contributed by atoms with Crippen molar-refractivity contribution in [1.82, 2.24) is 10.2 Å². The molecular formula is C15H24N2O3. The van der Waals surface area contributed by atoms with Gasteiger partial charge < -0.3 is 15.3 Å². The first-order valence-electron chi connectivity index (χ1n) is 7.46. The van der Waals surface area contributed by atoms with Gasteiger partial charge in [-0.1, -0.05) is 26.0 Å². The van der Waals surface area contributed by atoms with Crippen LogP contribution in [0.3, 0.4) is 0 Å². The topological polar surface area (TPSA) is 69.6 Å². The number of amides is 2. The Morgan fingerprint density at radius 1 is 1.35 bits per heavy atom. The fraction of sp³-hybridized carbons (Fsp3) is 0.733. The van der Waals surface area contributed by atoms with Crippen LogP contribution in [0.5, 0.6) is 0 Å². The number of nitrogens with zero attached hydrogens (tertiary/aromatic N) is 1. The van der Waals surface area contributed by atoms with Crippen LogP contribution in [0.1, 0.15) is 39.5 Å². The second-order valence-corrected chi connectivity index (χ2v) is 6.00. The van der Waals surface area contributed by atoms with Crippen LogP contribution in [0.2, 0.25) is 0 Å². The molecule has 2 aliphatic rings. The van der Waals surface area contributed by atoms with Gasteiger partial charge in [0.2, 0.25) is 0 Å². The van der Waals surface area contributed by atoms with E-state index in [9.17, 15) is 9.59 Å². The van der Waals surface area contributed by atoms with Gasteiger partial charge in [0, 0.05) is 13.1 Å². The van der Waals surface area contributed by atoms with Gasteiger partial charge in [-0.3, -0.25) is 4.79 Å². The second kappa shape index (κ2) is 5.85. The molecule has 5 heteroatoms. The molecule has 0 aromatic heterocycles. The van der Waals surface area contributed by atoms with Crippen LogP contribution < -0.4 is 5.32 Å². The third-order valence-electron chi connectivity index (χ3n) is 4.94. The molecule has 0 bridgehead atoms. The van der Waals surface area contributed by atoms with Crippen LogP contribution in [0, 0.1) is 11.3 Å². The normalized spacial score (nSPS) is 27.8. The molecule has 0 spiro atoms. The molecule has 1 heterocycles. The zero-order chi connectivity index (χ0) is 14.8. The van der Waals surface area contributed by atoms with Crippen molar-refractivity contribution >= 4 is 12.0 Å². The van der Waals surface area contributed by atoms with E-state index >= 15 is 0 Å². The average Bonchev–Trinajstić information content (AvgIpc) is 3.05. The highest BCUT2D eigenvalue weighted by atomic mass is 16.4. The van der Waals surface area contributed by atoms with E-state index in [4.69, 9.17) is 5.11 Å². The first-order chi connectivity index (χ1) is 9.49. The third-order valence-corrected chi connectivity index (χ3v) is 4.94. The summed E-state index contributed by atoms with van der Waals surface area (Å²) in [4.78, 5) is 25.0. The van der Waals surface area contributed by atoms with Crippen molar-refractivity contribution < 1.29 is 14.7 Å².